The Morgan fingerprint density at radius 2 is 1.80 bits per heavy atom. The van der Waals surface area contributed by atoms with Gasteiger partial charge in [0.15, 0.2) is 0 Å². The summed E-state index contributed by atoms with van der Waals surface area (Å²) in [6, 6.07) is 0. The Morgan fingerprint density at radius 1 is 1.20 bits per heavy atom. The standard InChI is InChI=1S/C6H11F3O/c1-2-4-10-5-3-6(7,8)9/h2-5H2,1H3. The maximum absolute atomic E-state index is 11.4. The van der Waals surface area contributed by atoms with Crippen molar-refractivity contribution >= 4 is 0 Å². The van der Waals surface area contributed by atoms with Crippen molar-refractivity contribution in [3.05, 3.63) is 0 Å². The maximum atomic E-state index is 11.4. The lowest BCUT2D eigenvalue weighted by molar-refractivity contribution is -0.145. The highest BCUT2D eigenvalue weighted by molar-refractivity contribution is 4.47. The van der Waals surface area contributed by atoms with Gasteiger partial charge < -0.3 is 4.74 Å². The Balaban J connectivity index is 3.04. The van der Waals surface area contributed by atoms with Gasteiger partial charge >= 0.3 is 6.18 Å². The number of rotatable bonds is 4. The molecule has 0 rings (SSSR count). The molecule has 0 aliphatic carbocycles. The third-order valence-electron chi connectivity index (χ3n) is 0.878. The average molecular weight is 156 g/mol. The molecule has 0 heterocycles. The largest absolute Gasteiger partial charge is 0.391 e. The minimum Gasteiger partial charge on any atom is -0.381 e. The van der Waals surface area contributed by atoms with E-state index in [1.807, 2.05) is 6.92 Å². The predicted molar refractivity (Wildman–Crippen MR) is 31.8 cm³/mol. The fourth-order valence-corrected chi connectivity index (χ4v) is 0.434. The van der Waals surface area contributed by atoms with Gasteiger partial charge in [-0.2, -0.15) is 13.2 Å². The minimum absolute atomic E-state index is 0.211. The van der Waals surface area contributed by atoms with Crippen LogP contribution >= 0.6 is 0 Å². The van der Waals surface area contributed by atoms with E-state index in [1.165, 1.54) is 0 Å². The molecule has 1 nitrogen and oxygen atoms in total. The molecule has 0 bridgehead atoms. The Bertz CT molecular complexity index is 79.6. The van der Waals surface area contributed by atoms with Crippen molar-refractivity contribution in [2.45, 2.75) is 25.9 Å². The Hall–Kier alpha value is -0.250. The minimum atomic E-state index is -4.08. The molecular weight excluding hydrogens is 145 g/mol. The van der Waals surface area contributed by atoms with Gasteiger partial charge in [-0.3, -0.25) is 0 Å². The molecule has 0 spiro atoms. The number of halogens is 3. The zero-order chi connectivity index (χ0) is 8.04. The summed E-state index contributed by atoms with van der Waals surface area (Å²) in [5, 5.41) is 0. The predicted octanol–water partition coefficient (Wildman–Crippen LogP) is 2.37. The second-order valence-corrected chi connectivity index (χ2v) is 1.98. The molecule has 0 radical (unpaired) electrons. The van der Waals surface area contributed by atoms with E-state index >= 15 is 0 Å². The molecule has 0 saturated heterocycles. The highest BCUT2D eigenvalue weighted by atomic mass is 19.4. The molecule has 0 aromatic heterocycles. The average Bonchev–Trinajstić information content (AvgIpc) is 1.78. The SMILES string of the molecule is CCCOCCC(F)(F)F. The van der Waals surface area contributed by atoms with Crippen molar-refractivity contribution in [3.63, 3.8) is 0 Å². The van der Waals surface area contributed by atoms with E-state index in [2.05, 4.69) is 4.74 Å². The van der Waals surface area contributed by atoms with Crippen LogP contribution in [0, 0.1) is 0 Å². The Labute approximate surface area is 58.2 Å². The molecule has 62 valence electrons. The van der Waals surface area contributed by atoms with Gasteiger partial charge in [-0.05, 0) is 6.42 Å². The van der Waals surface area contributed by atoms with Crippen LogP contribution in [0.2, 0.25) is 0 Å². The maximum Gasteiger partial charge on any atom is 0.391 e. The van der Waals surface area contributed by atoms with Crippen LogP contribution in [0.15, 0.2) is 0 Å². The second-order valence-electron chi connectivity index (χ2n) is 1.98. The first-order valence-electron chi connectivity index (χ1n) is 3.20. The molecule has 4 heteroatoms. The topological polar surface area (TPSA) is 9.23 Å². The summed E-state index contributed by atoms with van der Waals surface area (Å²) >= 11 is 0. The first kappa shape index (κ1) is 9.75. The van der Waals surface area contributed by atoms with Crippen LogP contribution in [0.1, 0.15) is 19.8 Å². The molecule has 0 aromatic carbocycles. The lowest BCUT2D eigenvalue weighted by Gasteiger charge is -2.05. The Kier molecular flexibility index (Phi) is 4.43. The third kappa shape index (κ3) is 7.75. The lowest BCUT2D eigenvalue weighted by Crippen LogP contribution is -2.11. The Morgan fingerprint density at radius 3 is 2.20 bits per heavy atom. The van der Waals surface area contributed by atoms with Gasteiger partial charge in [0.25, 0.3) is 0 Å². The van der Waals surface area contributed by atoms with Crippen LogP contribution in [-0.4, -0.2) is 19.4 Å². The van der Waals surface area contributed by atoms with E-state index in [9.17, 15) is 13.2 Å². The van der Waals surface area contributed by atoms with Crippen LogP contribution in [0.4, 0.5) is 13.2 Å². The van der Waals surface area contributed by atoms with E-state index in [0.717, 1.165) is 6.42 Å². The molecular formula is C6H11F3O. The molecule has 0 aliphatic rings. The summed E-state index contributed by atoms with van der Waals surface area (Å²) in [7, 11) is 0. The second kappa shape index (κ2) is 4.55. The molecule has 0 N–H and O–H groups in total. The number of hydrogen-bond acceptors (Lipinski definition) is 1. The van der Waals surface area contributed by atoms with Crippen LogP contribution in [0.3, 0.4) is 0 Å². The van der Waals surface area contributed by atoms with E-state index in [-0.39, 0.29) is 6.61 Å². The van der Waals surface area contributed by atoms with E-state index in [0.29, 0.717) is 6.61 Å². The molecule has 0 unspecified atom stereocenters. The first-order valence-corrected chi connectivity index (χ1v) is 3.20. The summed E-state index contributed by atoms with van der Waals surface area (Å²) in [6.07, 6.45) is -4.15. The first-order chi connectivity index (χ1) is 4.56. The zero-order valence-corrected chi connectivity index (χ0v) is 5.87. The quantitative estimate of drug-likeness (QED) is 0.568. The summed E-state index contributed by atoms with van der Waals surface area (Å²) in [5.41, 5.74) is 0. The third-order valence-corrected chi connectivity index (χ3v) is 0.878. The van der Waals surface area contributed by atoms with E-state index < -0.39 is 12.6 Å². The van der Waals surface area contributed by atoms with Crippen molar-refractivity contribution in [3.8, 4) is 0 Å². The lowest BCUT2D eigenvalue weighted by atomic mass is 10.4. The van der Waals surface area contributed by atoms with Gasteiger partial charge in [0.1, 0.15) is 0 Å². The van der Waals surface area contributed by atoms with Gasteiger partial charge in [-0.1, -0.05) is 6.92 Å². The highest BCUT2D eigenvalue weighted by Gasteiger charge is 2.26. The molecule has 0 fully saturated rings. The van der Waals surface area contributed by atoms with Gasteiger partial charge in [-0.25, -0.2) is 0 Å². The summed E-state index contributed by atoms with van der Waals surface area (Å²) in [5.74, 6) is 0. The van der Waals surface area contributed by atoms with E-state index in [1.54, 1.807) is 0 Å². The van der Waals surface area contributed by atoms with Gasteiger partial charge in [0.05, 0.1) is 13.0 Å². The molecule has 10 heavy (non-hydrogen) atoms. The van der Waals surface area contributed by atoms with Gasteiger partial charge in [0, 0.05) is 6.61 Å². The number of hydrogen-bond donors (Lipinski definition) is 0. The molecule has 0 saturated carbocycles. The number of alkyl halides is 3. The van der Waals surface area contributed by atoms with Crippen LogP contribution in [0.5, 0.6) is 0 Å². The fourth-order valence-electron chi connectivity index (χ4n) is 0.434. The fraction of sp³-hybridized carbons (Fsp3) is 1.00. The van der Waals surface area contributed by atoms with Crippen LogP contribution < -0.4 is 0 Å². The monoisotopic (exact) mass is 156 g/mol. The van der Waals surface area contributed by atoms with Crippen molar-refractivity contribution in [1.29, 1.82) is 0 Å². The van der Waals surface area contributed by atoms with Crippen LogP contribution in [0.25, 0.3) is 0 Å². The summed E-state index contributed by atoms with van der Waals surface area (Å²) < 4.78 is 38.8. The zero-order valence-electron chi connectivity index (χ0n) is 5.87. The molecule has 0 amide bonds. The van der Waals surface area contributed by atoms with Gasteiger partial charge in [0.2, 0.25) is 0 Å². The molecule has 0 atom stereocenters. The number of ether oxygens (including phenoxy) is 1. The summed E-state index contributed by atoms with van der Waals surface area (Å²) in [4.78, 5) is 0. The van der Waals surface area contributed by atoms with E-state index in [4.69, 9.17) is 0 Å². The van der Waals surface area contributed by atoms with Crippen molar-refractivity contribution in [2.24, 2.45) is 0 Å². The molecule has 0 aliphatic heterocycles. The highest BCUT2D eigenvalue weighted by Crippen LogP contribution is 2.18. The molecule has 0 aromatic rings. The summed E-state index contributed by atoms with van der Waals surface area (Å²) in [6.45, 7) is 2.06. The smallest absolute Gasteiger partial charge is 0.381 e. The van der Waals surface area contributed by atoms with Crippen molar-refractivity contribution < 1.29 is 17.9 Å². The van der Waals surface area contributed by atoms with Crippen molar-refractivity contribution in [1.82, 2.24) is 0 Å². The van der Waals surface area contributed by atoms with Crippen LogP contribution in [-0.2, 0) is 4.74 Å². The normalized spacial score (nSPS) is 12.0. The van der Waals surface area contributed by atoms with Crippen molar-refractivity contribution in [2.75, 3.05) is 13.2 Å². The van der Waals surface area contributed by atoms with Gasteiger partial charge in [-0.15, -0.1) is 0 Å².